The van der Waals surface area contributed by atoms with Gasteiger partial charge in [-0.2, -0.15) is 0 Å². The fourth-order valence-electron chi connectivity index (χ4n) is 1.48. The first-order valence-corrected chi connectivity index (χ1v) is 6.36. The normalized spacial score (nSPS) is 12.5. The van der Waals surface area contributed by atoms with E-state index in [2.05, 4.69) is 4.98 Å². The molecule has 1 atom stereocenters. The number of rotatable bonds is 4. The largest absolute Gasteiger partial charge is 0.481 e. The highest BCUT2D eigenvalue weighted by atomic mass is 32.2. The van der Waals surface area contributed by atoms with Crippen molar-refractivity contribution < 1.29 is 9.90 Å². The molecule has 1 aromatic heterocycles. The molecule has 0 aliphatic heterocycles. The van der Waals surface area contributed by atoms with E-state index in [0.717, 1.165) is 15.8 Å². The summed E-state index contributed by atoms with van der Waals surface area (Å²) < 4.78 is 0. The summed E-state index contributed by atoms with van der Waals surface area (Å²) in [7, 11) is 0. The van der Waals surface area contributed by atoms with Crippen LogP contribution >= 0.6 is 11.8 Å². The lowest BCUT2D eigenvalue weighted by Crippen LogP contribution is -2.11. The summed E-state index contributed by atoms with van der Waals surface area (Å²) in [6.45, 7) is 1.72. The van der Waals surface area contributed by atoms with Crippen LogP contribution in [0.1, 0.15) is 6.92 Å². The molecular formula is C13H13NO2S. The number of hydrogen-bond acceptors (Lipinski definition) is 3. The molecule has 1 aromatic carbocycles. The summed E-state index contributed by atoms with van der Waals surface area (Å²) in [4.78, 5) is 16.1. The Morgan fingerprint density at radius 2 is 2.18 bits per heavy atom. The minimum atomic E-state index is -0.754. The summed E-state index contributed by atoms with van der Waals surface area (Å²) in [5.41, 5.74) is 0.945. The minimum Gasteiger partial charge on any atom is -0.481 e. The van der Waals surface area contributed by atoms with E-state index >= 15 is 0 Å². The molecule has 0 saturated heterocycles. The lowest BCUT2D eigenvalue weighted by atomic mass is 10.2. The van der Waals surface area contributed by atoms with E-state index in [-0.39, 0.29) is 5.92 Å². The zero-order valence-electron chi connectivity index (χ0n) is 9.46. The molecule has 0 bridgehead atoms. The van der Waals surface area contributed by atoms with Gasteiger partial charge in [-0.3, -0.25) is 9.78 Å². The molecule has 3 nitrogen and oxygen atoms in total. The standard InChI is InChI=1S/C13H13NO2S/c1-9(13(15)16)8-17-12-6-7-14-11-5-3-2-4-10(11)12/h2-7,9H,8H2,1H3,(H,15,16). The van der Waals surface area contributed by atoms with Crippen molar-refractivity contribution in [2.75, 3.05) is 5.75 Å². The second-order valence-electron chi connectivity index (χ2n) is 3.88. The molecule has 0 spiro atoms. The number of para-hydroxylation sites is 1. The van der Waals surface area contributed by atoms with Crippen molar-refractivity contribution in [2.45, 2.75) is 11.8 Å². The average Bonchev–Trinajstić information content (AvgIpc) is 2.35. The van der Waals surface area contributed by atoms with Gasteiger partial charge in [0.15, 0.2) is 0 Å². The predicted octanol–water partition coefficient (Wildman–Crippen LogP) is 3.05. The molecule has 2 rings (SSSR count). The van der Waals surface area contributed by atoms with E-state index in [1.54, 1.807) is 24.9 Å². The van der Waals surface area contributed by atoms with Crippen molar-refractivity contribution in [3.63, 3.8) is 0 Å². The van der Waals surface area contributed by atoms with Gasteiger partial charge in [-0.25, -0.2) is 0 Å². The van der Waals surface area contributed by atoms with Crippen molar-refractivity contribution >= 4 is 28.6 Å². The second-order valence-corrected chi connectivity index (χ2v) is 4.94. The van der Waals surface area contributed by atoms with Crippen molar-refractivity contribution in [1.82, 2.24) is 4.98 Å². The van der Waals surface area contributed by atoms with E-state index in [1.165, 1.54) is 0 Å². The molecule has 88 valence electrons. The third kappa shape index (κ3) is 2.77. The Morgan fingerprint density at radius 1 is 1.41 bits per heavy atom. The first kappa shape index (κ1) is 11.9. The second kappa shape index (κ2) is 5.19. The molecule has 1 unspecified atom stereocenters. The molecule has 0 fully saturated rings. The van der Waals surface area contributed by atoms with Crippen LogP contribution < -0.4 is 0 Å². The van der Waals surface area contributed by atoms with Crippen LogP contribution in [-0.2, 0) is 4.79 Å². The number of carboxylic acids is 1. The smallest absolute Gasteiger partial charge is 0.307 e. The van der Waals surface area contributed by atoms with Gasteiger partial charge in [0.2, 0.25) is 0 Å². The van der Waals surface area contributed by atoms with E-state index < -0.39 is 5.97 Å². The summed E-state index contributed by atoms with van der Waals surface area (Å²) >= 11 is 1.57. The number of fused-ring (bicyclic) bond motifs is 1. The highest BCUT2D eigenvalue weighted by molar-refractivity contribution is 7.99. The lowest BCUT2D eigenvalue weighted by Gasteiger charge is -2.07. The van der Waals surface area contributed by atoms with Gasteiger partial charge in [-0.05, 0) is 12.1 Å². The van der Waals surface area contributed by atoms with Gasteiger partial charge in [-0.15, -0.1) is 11.8 Å². The Balaban J connectivity index is 2.21. The van der Waals surface area contributed by atoms with Crippen LogP contribution in [-0.4, -0.2) is 21.8 Å². The monoisotopic (exact) mass is 247 g/mol. The molecule has 0 saturated carbocycles. The van der Waals surface area contributed by atoms with Crippen molar-refractivity contribution in [3.05, 3.63) is 36.5 Å². The molecule has 0 amide bonds. The highest BCUT2D eigenvalue weighted by Gasteiger charge is 2.12. The van der Waals surface area contributed by atoms with Gasteiger partial charge < -0.3 is 5.11 Å². The number of carboxylic acid groups (broad SMARTS) is 1. The Bertz CT molecular complexity index is 536. The van der Waals surface area contributed by atoms with Crippen LogP contribution in [0, 0.1) is 5.92 Å². The Hall–Kier alpha value is -1.55. The third-order valence-corrected chi connectivity index (χ3v) is 3.85. The van der Waals surface area contributed by atoms with E-state index in [0.29, 0.717) is 5.75 Å². The maximum atomic E-state index is 10.8. The number of thioether (sulfide) groups is 1. The third-order valence-electron chi connectivity index (χ3n) is 2.52. The molecule has 17 heavy (non-hydrogen) atoms. The summed E-state index contributed by atoms with van der Waals surface area (Å²) in [6, 6.07) is 9.82. The number of carbonyl (C=O) groups is 1. The first-order valence-electron chi connectivity index (χ1n) is 5.38. The SMILES string of the molecule is CC(CSc1ccnc2ccccc12)C(=O)O. The average molecular weight is 247 g/mol. The van der Waals surface area contributed by atoms with E-state index in [4.69, 9.17) is 5.11 Å². The Kier molecular flexibility index (Phi) is 3.64. The number of pyridine rings is 1. The molecule has 4 heteroatoms. The van der Waals surface area contributed by atoms with Crippen LogP contribution in [0.2, 0.25) is 0 Å². The summed E-state index contributed by atoms with van der Waals surface area (Å²) in [6.07, 6.45) is 1.76. The van der Waals surface area contributed by atoms with Crippen LogP contribution in [0.3, 0.4) is 0 Å². The predicted molar refractivity (Wildman–Crippen MR) is 69.3 cm³/mol. The highest BCUT2D eigenvalue weighted by Crippen LogP contribution is 2.27. The Morgan fingerprint density at radius 3 is 2.94 bits per heavy atom. The zero-order chi connectivity index (χ0) is 12.3. The molecule has 1 heterocycles. The van der Waals surface area contributed by atoms with Crippen molar-refractivity contribution in [1.29, 1.82) is 0 Å². The maximum Gasteiger partial charge on any atom is 0.307 e. The Labute approximate surface area is 104 Å². The molecule has 0 aliphatic rings. The lowest BCUT2D eigenvalue weighted by molar-refractivity contribution is -0.140. The van der Waals surface area contributed by atoms with Crippen LogP contribution in [0.4, 0.5) is 0 Å². The molecule has 0 aliphatic carbocycles. The summed E-state index contributed by atoms with van der Waals surface area (Å²) in [5, 5.41) is 9.93. The van der Waals surface area contributed by atoms with Gasteiger partial charge in [0, 0.05) is 22.2 Å². The van der Waals surface area contributed by atoms with E-state index in [9.17, 15) is 4.79 Å². The zero-order valence-corrected chi connectivity index (χ0v) is 10.3. The van der Waals surface area contributed by atoms with Crippen LogP contribution in [0.5, 0.6) is 0 Å². The topological polar surface area (TPSA) is 50.2 Å². The first-order chi connectivity index (χ1) is 8.18. The van der Waals surface area contributed by atoms with E-state index in [1.807, 2.05) is 30.3 Å². The molecule has 2 aromatic rings. The number of aliphatic carboxylic acids is 1. The van der Waals surface area contributed by atoms with Crippen LogP contribution in [0.25, 0.3) is 10.9 Å². The fraction of sp³-hybridized carbons (Fsp3) is 0.231. The van der Waals surface area contributed by atoms with Gasteiger partial charge in [0.05, 0.1) is 11.4 Å². The van der Waals surface area contributed by atoms with Gasteiger partial charge in [0.25, 0.3) is 0 Å². The van der Waals surface area contributed by atoms with Crippen molar-refractivity contribution in [2.24, 2.45) is 5.92 Å². The van der Waals surface area contributed by atoms with Gasteiger partial charge >= 0.3 is 5.97 Å². The molecular weight excluding hydrogens is 234 g/mol. The number of nitrogens with zero attached hydrogens (tertiary/aromatic N) is 1. The molecule has 0 radical (unpaired) electrons. The summed E-state index contributed by atoms with van der Waals surface area (Å²) in [5.74, 6) is -0.522. The van der Waals surface area contributed by atoms with Gasteiger partial charge in [0.1, 0.15) is 0 Å². The van der Waals surface area contributed by atoms with Crippen molar-refractivity contribution in [3.8, 4) is 0 Å². The molecule has 1 N–H and O–H groups in total. The van der Waals surface area contributed by atoms with Gasteiger partial charge in [-0.1, -0.05) is 25.1 Å². The quantitative estimate of drug-likeness (QED) is 0.844. The minimum absolute atomic E-state index is 0.341. The fourth-order valence-corrected chi connectivity index (χ4v) is 2.54. The maximum absolute atomic E-state index is 10.8. The number of aromatic nitrogens is 1. The number of benzene rings is 1. The van der Waals surface area contributed by atoms with Crippen LogP contribution in [0.15, 0.2) is 41.4 Å². The number of hydrogen-bond donors (Lipinski definition) is 1.